The Hall–Kier alpha value is -3.08. The van der Waals surface area contributed by atoms with Crippen molar-refractivity contribution in [1.29, 1.82) is 0 Å². The summed E-state index contributed by atoms with van der Waals surface area (Å²) < 4.78 is 42.6. The van der Waals surface area contributed by atoms with Gasteiger partial charge in [-0.1, -0.05) is 28.1 Å². The number of aromatic nitrogens is 2. The van der Waals surface area contributed by atoms with Crippen LogP contribution in [0.3, 0.4) is 0 Å². The smallest absolute Gasteiger partial charge is 0.405 e. The largest absolute Gasteiger partial charge is 0.573 e. The number of carbonyl (C=O) groups is 1. The van der Waals surface area contributed by atoms with Crippen LogP contribution < -0.4 is 20.3 Å². The number of carbonyl (C=O) groups excluding carboxylic acids is 1. The molecule has 0 aliphatic heterocycles. The Bertz CT molecular complexity index is 1230. The van der Waals surface area contributed by atoms with Crippen molar-refractivity contribution in [2.75, 3.05) is 30.9 Å². The first-order valence-electron chi connectivity index (χ1n) is 11.6. The molecule has 1 aromatic heterocycles. The molecule has 0 spiro atoms. The van der Waals surface area contributed by atoms with Crippen molar-refractivity contribution in [3.05, 3.63) is 52.5 Å². The summed E-state index contributed by atoms with van der Waals surface area (Å²) in [4.78, 5) is 23.9. The zero-order valence-electron chi connectivity index (χ0n) is 19.9. The van der Waals surface area contributed by atoms with Gasteiger partial charge in [0, 0.05) is 36.5 Å². The van der Waals surface area contributed by atoms with E-state index in [0.717, 1.165) is 48.5 Å². The number of nitrogens with one attached hydrogen (secondary N) is 2. The van der Waals surface area contributed by atoms with Gasteiger partial charge in [0.1, 0.15) is 11.6 Å². The highest BCUT2D eigenvalue weighted by molar-refractivity contribution is 9.10. The van der Waals surface area contributed by atoms with E-state index >= 15 is 0 Å². The lowest BCUT2D eigenvalue weighted by atomic mass is 9.86. The van der Waals surface area contributed by atoms with Gasteiger partial charge in [0.25, 0.3) is 5.91 Å². The monoisotopic (exact) mass is 565 g/mol. The minimum atomic E-state index is -4.89. The number of alkyl halides is 3. The summed E-state index contributed by atoms with van der Waals surface area (Å²) in [5.41, 5.74) is 0.716. The van der Waals surface area contributed by atoms with Crippen LogP contribution in [0.4, 0.5) is 24.9 Å². The summed E-state index contributed by atoms with van der Waals surface area (Å²) in [6, 6.07) is 12.0. The molecule has 1 heterocycles. The number of benzene rings is 2. The van der Waals surface area contributed by atoms with Crippen molar-refractivity contribution < 1.29 is 22.7 Å². The van der Waals surface area contributed by atoms with E-state index in [-0.39, 0.29) is 17.5 Å². The van der Waals surface area contributed by atoms with Gasteiger partial charge in [-0.15, -0.1) is 13.2 Å². The van der Waals surface area contributed by atoms with Crippen molar-refractivity contribution in [1.82, 2.24) is 15.3 Å². The lowest BCUT2D eigenvalue weighted by Gasteiger charge is -2.29. The predicted octanol–water partition coefficient (Wildman–Crippen LogP) is 5.76. The maximum absolute atomic E-state index is 12.7. The second-order valence-electron chi connectivity index (χ2n) is 9.04. The molecular weight excluding hydrogens is 539 g/mol. The van der Waals surface area contributed by atoms with E-state index in [2.05, 4.69) is 36.3 Å². The number of anilines is 2. The standard InChI is InChI=1S/C25H27BrF3N5O2/c1-34(2)22-18-5-3-4-6-20(18)32-24(33-22)31-17-10-7-15(8-11-17)14-30-23(35)19-12-9-16(26)13-21(19)36-25(27,28)29/h3-6,9,12-13,15,17H,7-8,10-11,14H2,1-2H3,(H,30,35)(H,31,32,33)/t15-,17+. The average Bonchev–Trinajstić information content (AvgIpc) is 2.82. The van der Waals surface area contributed by atoms with E-state index < -0.39 is 18.0 Å². The van der Waals surface area contributed by atoms with E-state index in [9.17, 15) is 18.0 Å². The molecule has 4 rings (SSSR count). The van der Waals surface area contributed by atoms with Gasteiger partial charge in [-0.05, 0) is 61.9 Å². The van der Waals surface area contributed by atoms with Gasteiger partial charge >= 0.3 is 6.36 Å². The number of hydrogen-bond acceptors (Lipinski definition) is 6. The van der Waals surface area contributed by atoms with Crippen LogP contribution in [-0.4, -0.2) is 48.9 Å². The molecule has 0 saturated heterocycles. The van der Waals surface area contributed by atoms with Gasteiger partial charge in [0.15, 0.2) is 0 Å². The van der Waals surface area contributed by atoms with Crippen LogP contribution in [0.15, 0.2) is 46.9 Å². The molecule has 11 heteroatoms. The predicted molar refractivity (Wildman–Crippen MR) is 136 cm³/mol. The average molecular weight is 566 g/mol. The third-order valence-electron chi connectivity index (χ3n) is 6.15. The molecule has 0 unspecified atom stereocenters. The van der Waals surface area contributed by atoms with Crippen LogP contribution >= 0.6 is 15.9 Å². The molecule has 1 amide bonds. The number of rotatable bonds is 7. The van der Waals surface area contributed by atoms with Crippen molar-refractivity contribution >= 4 is 44.5 Å². The van der Waals surface area contributed by atoms with Crippen LogP contribution in [0.5, 0.6) is 5.75 Å². The van der Waals surface area contributed by atoms with Crippen molar-refractivity contribution in [3.8, 4) is 5.75 Å². The quantitative estimate of drug-likeness (QED) is 0.379. The fourth-order valence-corrected chi connectivity index (χ4v) is 4.72. The van der Waals surface area contributed by atoms with Gasteiger partial charge in [-0.2, -0.15) is 4.98 Å². The number of amides is 1. The minimum Gasteiger partial charge on any atom is -0.405 e. The Morgan fingerprint density at radius 2 is 1.83 bits per heavy atom. The molecule has 1 fully saturated rings. The molecule has 2 N–H and O–H groups in total. The van der Waals surface area contributed by atoms with Crippen LogP contribution in [-0.2, 0) is 0 Å². The summed E-state index contributed by atoms with van der Waals surface area (Å²) >= 11 is 3.11. The fourth-order valence-electron chi connectivity index (χ4n) is 4.38. The van der Waals surface area contributed by atoms with Crippen LogP contribution in [0.1, 0.15) is 36.0 Å². The van der Waals surface area contributed by atoms with Gasteiger partial charge in [-0.3, -0.25) is 4.79 Å². The highest BCUT2D eigenvalue weighted by Gasteiger charge is 2.33. The van der Waals surface area contributed by atoms with Crippen LogP contribution in [0.25, 0.3) is 10.9 Å². The SMILES string of the molecule is CN(C)c1nc(N[C@H]2CC[C@@H](CNC(=O)c3ccc(Br)cc3OC(F)(F)F)CC2)nc2ccccc12. The third kappa shape index (κ3) is 6.57. The second kappa shape index (κ2) is 10.9. The molecule has 2 aromatic carbocycles. The maximum Gasteiger partial charge on any atom is 0.573 e. The van der Waals surface area contributed by atoms with Gasteiger partial charge in [-0.25, -0.2) is 4.98 Å². The van der Waals surface area contributed by atoms with Crippen molar-refractivity contribution in [2.24, 2.45) is 5.92 Å². The molecule has 1 saturated carbocycles. The lowest BCUT2D eigenvalue weighted by Crippen LogP contribution is -2.34. The summed E-state index contributed by atoms with van der Waals surface area (Å²) in [5.74, 6) is 0.532. The van der Waals surface area contributed by atoms with E-state index in [0.29, 0.717) is 17.0 Å². The Morgan fingerprint density at radius 3 is 2.53 bits per heavy atom. The minimum absolute atomic E-state index is 0.156. The third-order valence-corrected chi connectivity index (χ3v) is 6.65. The Labute approximate surface area is 215 Å². The highest BCUT2D eigenvalue weighted by Crippen LogP contribution is 2.31. The topological polar surface area (TPSA) is 79.4 Å². The zero-order valence-corrected chi connectivity index (χ0v) is 21.5. The van der Waals surface area contributed by atoms with E-state index in [4.69, 9.17) is 4.98 Å². The van der Waals surface area contributed by atoms with E-state index in [1.165, 1.54) is 12.1 Å². The summed E-state index contributed by atoms with van der Waals surface area (Å²) in [7, 11) is 3.90. The molecule has 7 nitrogen and oxygen atoms in total. The maximum atomic E-state index is 12.7. The number of ether oxygens (including phenoxy) is 1. The lowest BCUT2D eigenvalue weighted by molar-refractivity contribution is -0.274. The first-order chi connectivity index (χ1) is 17.1. The summed E-state index contributed by atoms with van der Waals surface area (Å²) in [6.07, 6.45) is -1.43. The molecule has 3 aromatic rings. The summed E-state index contributed by atoms with van der Waals surface area (Å²) in [6.45, 7) is 0.379. The highest BCUT2D eigenvalue weighted by atomic mass is 79.9. The first kappa shape index (κ1) is 26.0. The molecule has 0 atom stereocenters. The first-order valence-corrected chi connectivity index (χ1v) is 12.4. The fraction of sp³-hybridized carbons (Fsp3) is 0.400. The zero-order chi connectivity index (χ0) is 25.9. The number of para-hydroxylation sites is 1. The van der Waals surface area contributed by atoms with Crippen LogP contribution in [0, 0.1) is 5.92 Å². The van der Waals surface area contributed by atoms with E-state index in [1.807, 2.05) is 43.3 Å². The molecule has 0 radical (unpaired) electrons. The molecule has 1 aliphatic rings. The Morgan fingerprint density at radius 1 is 1.11 bits per heavy atom. The van der Waals surface area contributed by atoms with Crippen molar-refractivity contribution in [2.45, 2.75) is 38.1 Å². The molecule has 192 valence electrons. The molecule has 1 aliphatic carbocycles. The molecular formula is C25H27BrF3N5O2. The number of fused-ring (bicyclic) bond motifs is 1. The normalized spacial score (nSPS) is 18.1. The van der Waals surface area contributed by atoms with Gasteiger partial charge in [0.05, 0.1) is 11.1 Å². The van der Waals surface area contributed by atoms with Gasteiger partial charge < -0.3 is 20.3 Å². The van der Waals surface area contributed by atoms with Crippen LogP contribution in [0.2, 0.25) is 0 Å². The number of hydrogen-bond donors (Lipinski definition) is 2. The second-order valence-corrected chi connectivity index (χ2v) is 9.96. The summed E-state index contributed by atoms with van der Waals surface area (Å²) in [5, 5.41) is 7.20. The number of halogens is 4. The van der Waals surface area contributed by atoms with E-state index in [1.54, 1.807) is 0 Å². The Balaban J connectivity index is 1.32. The number of nitrogens with zero attached hydrogens (tertiary/aromatic N) is 3. The molecule has 36 heavy (non-hydrogen) atoms. The van der Waals surface area contributed by atoms with Gasteiger partial charge in [0.2, 0.25) is 5.95 Å². The molecule has 0 bridgehead atoms. The Kier molecular flexibility index (Phi) is 7.87. The van der Waals surface area contributed by atoms with Crippen molar-refractivity contribution in [3.63, 3.8) is 0 Å².